The summed E-state index contributed by atoms with van der Waals surface area (Å²) in [7, 11) is 0. The topological polar surface area (TPSA) is 94.0 Å². The van der Waals surface area contributed by atoms with Crippen LogP contribution < -0.4 is 15.5 Å². The minimum Gasteiger partial charge on any atom is -0.481 e. The maximum Gasteiger partial charge on any atom is 0.416 e. The van der Waals surface area contributed by atoms with E-state index in [1.807, 2.05) is 0 Å². The molecule has 0 aromatic heterocycles. The monoisotopic (exact) mass is 716 g/mol. The number of guanidine groups is 1. The van der Waals surface area contributed by atoms with Gasteiger partial charge in [0.1, 0.15) is 6.54 Å². The fraction of sp³-hybridized carbons (Fsp3) is 0.382. The number of nitrogens with one attached hydrogen (secondary N) is 2. The molecule has 0 unspecified atom stereocenters. The van der Waals surface area contributed by atoms with E-state index in [9.17, 15) is 49.1 Å². The van der Waals surface area contributed by atoms with Crippen LogP contribution in [0.4, 0.5) is 50.9 Å². The number of amides is 1. The Morgan fingerprint density at radius 2 is 1.38 bits per heavy atom. The van der Waals surface area contributed by atoms with Crippen LogP contribution in [0.5, 0.6) is 0 Å². The average molecular weight is 717 g/mol. The van der Waals surface area contributed by atoms with E-state index < -0.39 is 59.7 Å². The molecule has 0 bridgehead atoms. The van der Waals surface area contributed by atoms with Crippen LogP contribution in [0.3, 0.4) is 0 Å². The molecule has 50 heavy (non-hydrogen) atoms. The summed E-state index contributed by atoms with van der Waals surface area (Å²) in [6.45, 7) is -2.23. The molecular weight excluding hydrogens is 683 g/mol. The van der Waals surface area contributed by atoms with Crippen molar-refractivity contribution in [2.75, 3.05) is 23.3 Å². The normalized spacial score (nSPS) is 14.7. The van der Waals surface area contributed by atoms with Crippen molar-refractivity contribution in [1.29, 1.82) is 0 Å². The van der Waals surface area contributed by atoms with Crippen LogP contribution in [0, 0.1) is 0 Å². The van der Waals surface area contributed by atoms with Gasteiger partial charge in [0.15, 0.2) is 0 Å². The lowest BCUT2D eigenvalue weighted by Crippen LogP contribution is -2.37. The van der Waals surface area contributed by atoms with Gasteiger partial charge in [-0.15, -0.1) is 0 Å². The maximum atomic E-state index is 13.6. The quantitative estimate of drug-likeness (QED) is 0.111. The third kappa shape index (κ3) is 11.1. The first-order valence-electron chi connectivity index (χ1n) is 15.5. The number of carbonyl (C=O) groups excluding carboxylic acids is 1. The van der Waals surface area contributed by atoms with Crippen molar-refractivity contribution in [2.24, 2.45) is 4.99 Å². The molecule has 1 aliphatic carbocycles. The minimum atomic E-state index is -5.21. The van der Waals surface area contributed by atoms with Gasteiger partial charge < -0.3 is 20.6 Å². The summed E-state index contributed by atoms with van der Waals surface area (Å²) in [5, 5.41) is 13.5. The lowest BCUT2D eigenvalue weighted by molar-refractivity contribution is -0.143. The van der Waals surface area contributed by atoms with Gasteiger partial charge in [0.25, 0.3) is 5.91 Å². The highest BCUT2D eigenvalue weighted by atomic mass is 19.4. The number of aliphatic carboxylic acids is 1. The zero-order chi connectivity index (χ0) is 36.7. The van der Waals surface area contributed by atoms with E-state index in [0.29, 0.717) is 17.7 Å². The molecule has 0 spiro atoms. The molecule has 7 nitrogen and oxygen atoms in total. The van der Waals surface area contributed by atoms with E-state index in [4.69, 9.17) is 5.11 Å². The van der Waals surface area contributed by atoms with Crippen LogP contribution in [0.2, 0.25) is 0 Å². The number of hydrogen-bond donors (Lipinski definition) is 3. The Kier molecular flexibility index (Phi) is 12.1. The maximum absolute atomic E-state index is 13.6. The molecule has 0 atom stereocenters. The molecule has 0 heterocycles. The van der Waals surface area contributed by atoms with Gasteiger partial charge in [-0.2, -0.15) is 39.5 Å². The molecule has 1 saturated carbocycles. The number of carboxylic acid groups (broad SMARTS) is 1. The van der Waals surface area contributed by atoms with Gasteiger partial charge in [0.05, 0.1) is 24.1 Å². The second-order valence-electron chi connectivity index (χ2n) is 11.8. The number of carboxylic acids is 1. The zero-order valence-electron chi connectivity index (χ0n) is 26.4. The molecule has 270 valence electrons. The lowest BCUT2D eigenvalue weighted by atomic mass is 9.84. The Morgan fingerprint density at radius 3 is 1.90 bits per heavy atom. The fourth-order valence-corrected chi connectivity index (χ4v) is 5.49. The van der Waals surface area contributed by atoms with E-state index >= 15 is 0 Å². The average Bonchev–Trinajstić information content (AvgIpc) is 3.05. The molecule has 16 heteroatoms. The van der Waals surface area contributed by atoms with Crippen molar-refractivity contribution in [1.82, 2.24) is 5.32 Å². The summed E-state index contributed by atoms with van der Waals surface area (Å²) in [6, 6.07) is 13.0. The molecule has 3 aromatic rings. The van der Waals surface area contributed by atoms with E-state index in [2.05, 4.69) is 15.6 Å². The molecule has 1 fully saturated rings. The van der Waals surface area contributed by atoms with E-state index in [1.54, 1.807) is 24.3 Å². The first-order chi connectivity index (χ1) is 23.4. The predicted molar refractivity (Wildman–Crippen MR) is 168 cm³/mol. The Labute approximate surface area is 281 Å². The Bertz CT molecular complexity index is 1610. The molecule has 1 amide bonds. The summed E-state index contributed by atoms with van der Waals surface area (Å²) in [5.41, 5.74) is -2.43. The highest BCUT2D eigenvalue weighted by Crippen LogP contribution is 2.38. The number of benzene rings is 3. The number of aliphatic imine (C=N–C) groups is 1. The van der Waals surface area contributed by atoms with Gasteiger partial charge in [-0.05, 0) is 72.4 Å². The predicted octanol–water partition coefficient (Wildman–Crippen LogP) is 9.01. The van der Waals surface area contributed by atoms with Crippen LogP contribution in [0.15, 0.2) is 71.7 Å². The fourth-order valence-electron chi connectivity index (χ4n) is 5.49. The van der Waals surface area contributed by atoms with Gasteiger partial charge in [-0.25, -0.2) is 4.99 Å². The van der Waals surface area contributed by atoms with Crippen molar-refractivity contribution < 1.29 is 54.2 Å². The Morgan fingerprint density at radius 1 is 0.800 bits per heavy atom. The molecule has 4 rings (SSSR count). The van der Waals surface area contributed by atoms with Crippen molar-refractivity contribution in [2.45, 2.75) is 69.5 Å². The minimum absolute atomic E-state index is 0.0984. The first kappa shape index (κ1) is 38.0. The standard InChI is InChI=1S/C34H33F9N4O3/c35-32(36,37)20-45-31(46-27-17-25(33(38,39)40)16-26(18-27)34(41,42)43)47(28-12-10-23(11-13-28)22-4-2-1-3-5-22)19-21-6-8-24(9-7-21)30(50)44-15-14-29(48)49/h6-13,16-18,22H,1-5,14-15,19-20H2,(H,44,50)(H,45,46)(H,48,49). The number of rotatable bonds is 10. The number of alkyl halides is 9. The molecule has 3 N–H and O–H groups in total. The summed E-state index contributed by atoms with van der Waals surface area (Å²) >= 11 is 0. The first-order valence-corrected chi connectivity index (χ1v) is 15.5. The number of halogens is 9. The summed E-state index contributed by atoms with van der Waals surface area (Å²) in [5.74, 6) is -2.14. The van der Waals surface area contributed by atoms with Crippen molar-refractivity contribution in [3.05, 3.63) is 94.5 Å². The summed E-state index contributed by atoms with van der Waals surface area (Å²) in [6.07, 6.45) is -10.6. The highest BCUT2D eigenvalue weighted by molar-refractivity contribution is 6.05. The SMILES string of the molecule is O=C(O)CCNC(=O)c1ccc(CN(C(=NCC(F)(F)F)Nc2cc(C(F)(F)F)cc(C(F)(F)F)c2)c2ccc(C3CCCCC3)cc2)cc1. The number of nitrogens with zero attached hydrogens (tertiary/aromatic N) is 2. The molecule has 1 aliphatic rings. The van der Waals surface area contributed by atoms with Crippen LogP contribution in [0.25, 0.3) is 0 Å². The van der Waals surface area contributed by atoms with Gasteiger partial charge in [0.2, 0.25) is 5.96 Å². The zero-order valence-corrected chi connectivity index (χ0v) is 26.4. The van der Waals surface area contributed by atoms with Crippen LogP contribution in [-0.4, -0.2) is 42.2 Å². The van der Waals surface area contributed by atoms with Gasteiger partial charge >= 0.3 is 24.5 Å². The number of hydrogen-bond acceptors (Lipinski definition) is 3. The lowest BCUT2D eigenvalue weighted by Gasteiger charge is -2.29. The number of anilines is 2. The second kappa shape index (κ2) is 15.9. The Balaban J connectivity index is 1.76. The van der Waals surface area contributed by atoms with Gasteiger partial charge in [0, 0.05) is 23.5 Å². The van der Waals surface area contributed by atoms with E-state index in [-0.39, 0.29) is 42.7 Å². The highest BCUT2D eigenvalue weighted by Gasteiger charge is 2.37. The summed E-state index contributed by atoms with van der Waals surface area (Å²) in [4.78, 5) is 27.9. The third-order valence-corrected chi connectivity index (χ3v) is 7.97. The molecule has 0 saturated heterocycles. The van der Waals surface area contributed by atoms with Crippen LogP contribution in [-0.2, 0) is 23.7 Å². The van der Waals surface area contributed by atoms with Crippen molar-refractivity contribution in [3.8, 4) is 0 Å². The Hall–Kier alpha value is -4.76. The smallest absolute Gasteiger partial charge is 0.416 e. The van der Waals surface area contributed by atoms with E-state index in [0.717, 1.165) is 37.7 Å². The summed E-state index contributed by atoms with van der Waals surface area (Å²) < 4.78 is 122. The van der Waals surface area contributed by atoms with Crippen molar-refractivity contribution in [3.63, 3.8) is 0 Å². The molecular formula is C34H33F9N4O3. The largest absolute Gasteiger partial charge is 0.481 e. The molecule has 3 aromatic carbocycles. The van der Waals surface area contributed by atoms with Gasteiger partial charge in [-0.3, -0.25) is 9.59 Å². The molecule has 0 aliphatic heterocycles. The van der Waals surface area contributed by atoms with Crippen LogP contribution >= 0.6 is 0 Å². The van der Waals surface area contributed by atoms with E-state index in [1.165, 1.54) is 29.2 Å². The van der Waals surface area contributed by atoms with Crippen LogP contribution in [0.1, 0.15) is 77.1 Å². The third-order valence-electron chi connectivity index (χ3n) is 7.97. The van der Waals surface area contributed by atoms with Crippen molar-refractivity contribution >= 4 is 29.2 Å². The van der Waals surface area contributed by atoms with Gasteiger partial charge in [-0.1, -0.05) is 43.5 Å². The molecule has 0 radical (unpaired) electrons. The number of carbonyl (C=O) groups is 2. The second-order valence-corrected chi connectivity index (χ2v) is 11.8.